The number of hydrogen-bond donors (Lipinski definition) is 1. The van der Waals surface area contributed by atoms with Gasteiger partial charge < -0.3 is 14.4 Å². The van der Waals surface area contributed by atoms with Crippen molar-refractivity contribution in [1.29, 1.82) is 0 Å². The van der Waals surface area contributed by atoms with E-state index in [-0.39, 0.29) is 5.82 Å². The van der Waals surface area contributed by atoms with Gasteiger partial charge in [0.15, 0.2) is 5.79 Å². The van der Waals surface area contributed by atoms with Crippen molar-refractivity contribution in [3.8, 4) is 0 Å². The summed E-state index contributed by atoms with van der Waals surface area (Å²) in [6, 6.07) is 5.23. The first kappa shape index (κ1) is 14.1. The average Bonchev–Trinajstić information content (AvgIpc) is 2.89. The van der Waals surface area contributed by atoms with Crippen LogP contribution in [0.25, 0.3) is 0 Å². The van der Waals surface area contributed by atoms with Crippen LogP contribution in [0.15, 0.2) is 18.2 Å². The molecule has 0 aromatic heterocycles. The van der Waals surface area contributed by atoms with Crippen LogP contribution in [0, 0.1) is 5.82 Å². The lowest BCUT2D eigenvalue weighted by Gasteiger charge is -2.38. The molecule has 2 aliphatic rings. The summed E-state index contributed by atoms with van der Waals surface area (Å²) in [5.41, 5.74) is 1.47. The molecule has 1 N–H and O–H groups in total. The molecule has 1 aromatic carbocycles. The number of nitrogens with one attached hydrogen (secondary N) is 1. The Morgan fingerprint density at radius 3 is 2.55 bits per heavy atom. The van der Waals surface area contributed by atoms with Crippen LogP contribution in [0.1, 0.15) is 18.4 Å². The molecular formula is C14H18ClFN2O2. The summed E-state index contributed by atoms with van der Waals surface area (Å²) in [6.07, 6.45) is 1.55. The van der Waals surface area contributed by atoms with Crippen LogP contribution < -0.4 is 9.74 Å². The first-order valence-electron chi connectivity index (χ1n) is 6.87. The first-order valence-corrected chi connectivity index (χ1v) is 7.25. The van der Waals surface area contributed by atoms with Gasteiger partial charge >= 0.3 is 0 Å². The molecule has 2 aliphatic heterocycles. The highest BCUT2D eigenvalue weighted by atomic mass is 35.5. The maximum atomic E-state index is 14.2. The van der Waals surface area contributed by atoms with Gasteiger partial charge in [-0.15, -0.1) is 0 Å². The van der Waals surface area contributed by atoms with E-state index in [4.69, 9.17) is 21.3 Å². The Bertz CT molecular complexity index is 470. The SMILES string of the molecule is Fc1cc(CNCl)ccc1N1CCC2(CC1)OCCO2. The maximum absolute atomic E-state index is 14.2. The Morgan fingerprint density at radius 2 is 1.95 bits per heavy atom. The Kier molecular flexibility index (Phi) is 4.12. The molecule has 20 heavy (non-hydrogen) atoms. The minimum absolute atomic E-state index is 0.210. The van der Waals surface area contributed by atoms with E-state index in [0.717, 1.165) is 31.5 Å². The summed E-state index contributed by atoms with van der Waals surface area (Å²) in [6.45, 7) is 3.25. The van der Waals surface area contributed by atoms with Gasteiger partial charge in [0.2, 0.25) is 0 Å². The second-order valence-corrected chi connectivity index (χ2v) is 5.46. The quantitative estimate of drug-likeness (QED) is 0.869. The van der Waals surface area contributed by atoms with Crippen molar-refractivity contribution >= 4 is 17.5 Å². The highest BCUT2D eigenvalue weighted by Gasteiger charge is 2.40. The monoisotopic (exact) mass is 300 g/mol. The topological polar surface area (TPSA) is 33.7 Å². The zero-order valence-electron chi connectivity index (χ0n) is 11.2. The van der Waals surface area contributed by atoms with Gasteiger partial charge in [-0.1, -0.05) is 6.07 Å². The van der Waals surface area contributed by atoms with E-state index in [1.807, 2.05) is 17.0 Å². The number of hydrogen-bond acceptors (Lipinski definition) is 4. The summed E-state index contributed by atoms with van der Waals surface area (Å²) in [4.78, 5) is 4.55. The van der Waals surface area contributed by atoms with E-state index < -0.39 is 5.79 Å². The molecule has 0 unspecified atom stereocenters. The molecule has 110 valence electrons. The molecule has 0 atom stereocenters. The second kappa shape index (κ2) is 5.85. The van der Waals surface area contributed by atoms with Crippen molar-refractivity contribution < 1.29 is 13.9 Å². The van der Waals surface area contributed by atoms with E-state index >= 15 is 0 Å². The molecule has 1 spiro atoms. The lowest BCUT2D eigenvalue weighted by molar-refractivity contribution is -0.169. The highest BCUT2D eigenvalue weighted by Crippen LogP contribution is 2.34. The van der Waals surface area contributed by atoms with Crippen LogP contribution in [0.2, 0.25) is 0 Å². The largest absolute Gasteiger partial charge is 0.369 e. The van der Waals surface area contributed by atoms with Gasteiger partial charge in [-0.25, -0.2) is 9.23 Å². The molecule has 3 rings (SSSR count). The van der Waals surface area contributed by atoms with Crippen molar-refractivity contribution in [1.82, 2.24) is 4.84 Å². The number of anilines is 1. The Labute approximate surface area is 122 Å². The molecule has 1 aromatic rings. The van der Waals surface area contributed by atoms with Crippen LogP contribution in [0.4, 0.5) is 10.1 Å². The van der Waals surface area contributed by atoms with Gasteiger partial charge in [-0.3, -0.25) is 0 Å². The van der Waals surface area contributed by atoms with Gasteiger partial charge in [-0.2, -0.15) is 0 Å². The van der Waals surface area contributed by atoms with Gasteiger partial charge in [0.05, 0.1) is 18.9 Å². The van der Waals surface area contributed by atoms with E-state index in [0.29, 0.717) is 25.4 Å². The zero-order chi connectivity index (χ0) is 14.0. The number of benzene rings is 1. The fourth-order valence-electron chi connectivity index (χ4n) is 2.87. The molecule has 2 heterocycles. The number of halogens is 2. The van der Waals surface area contributed by atoms with Crippen molar-refractivity contribution in [2.24, 2.45) is 0 Å². The molecular weight excluding hydrogens is 283 g/mol. The van der Waals surface area contributed by atoms with Crippen molar-refractivity contribution in [2.75, 3.05) is 31.2 Å². The molecule has 0 bridgehead atoms. The first-order chi connectivity index (χ1) is 9.72. The molecule has 2 fully saturated rings. The van der Waals surface area contributed by atoms with Crippen molar-refractivity contribution in [3.05, 3.63) is 29.6 Å². The third-order valence-corrected chi connectivity index (χ3v) is 4.10. The van der Waals surface area contributed by atoms with Gasteiger partial charge in [0.25, 0.3) is 0 Å². The van der Waals surface area contributed by atoms with Crippen LogP contribution in [0.3, 0.4) is 0 Å². The number of rotatable bonds is 3. The predicted molar refractivity (Wildman–Crippen MR) is 75.2 cm³/mol. The maximum Gasteiger partial charge on any atom is 0.171 e. The van der Waals surface area contributed by atoms with Gasteiger partial charge in [0, 0.05) is 32.5 Å². The van der Waals surface area contributed by atoms with Crippen LogP contribution >= 0.6 is 11.8 Å². The molecule has 0 radical (unpaired) electrons. The van der Waals surface area contributed by atoms with Crippen LogP contribution in [-0.4, -0.2) is 32.1 Å². The van der Waals surface area contributed by atoms with E-state index in [2.05, 4.69) is 4.84 Å². The standard InChI is InChI=1S/C14H18ClFN2O2/c15-17-10-11-1-2-13(12(16)9-11)18-5-3-14(4-6-18)19-7-8-20-14/h1-2,9,17H,3-8,10H2. The lowest BCUT2D eigenvalue weighted by Crippen LogP contribution is -2.45. The third-order valence-electron chi connectivity index (χ3n) is 3.96. The molecule has 6 heteroatoms. The third kappa shape index (κ3) is 2.76. The zero-order valence-corrected chi connectivity index (χ0v) is 12.0. The summed E-state index contributed by atoms with van der Waals surface area (Å²) < 4.78 is 25.5. The molecule has 4 nitrogen and oxygen atoms in total. The molecule has 0 amide bonds. The molecule has 0 aliphatic carbocycles. The second-order valence-electron chi connectivity index (χ2n) is 5.19. The van der Waals surface area contributed by atoms with E-state index in [1.165, 1.54) is 6.07 Å². The summed E-state index contributed by atoms with van der Waals surface area (Å²) in [5.74, 6) is -0.631. The number of nitrogens with zero attached hydrogens (tertiary/aromatic N) is 1. The number of ether oxygens (including phenoxy) is 2. The van der Waals surface area contributed by atoms with Crippen molar-refractivity contribution in [3.63, 3.8) is 0 Å². The minimum Gasteiger partial charge on any atom is -0.369 e. The summed E-state index contributed by atoms with van der Waals surface area (Å²) in [5, 5.41) is 0. The van der Waals surface area contributed by atoms with Gasteiger partial charge in [0.1, 0.15) is 5.82 Å². The minimum atomic E-state index is -0.421. The predicted octanol–water partition coefficient (Wildman–Crippen LogP) is 2.41. The lowest BCUT2D eigenvalue weighted by atomic mass is 10.0. The van der Waals surface area contributed by atoms with E-state index in [1.54, 1.807) is 0 Å². The summed E-state index contributed by atoms with van der Waals surface area (Å²) >= 11 is 5.44. The molecule has 0 saturated carbocycles. The fraction of sp³-hybridized carbons (Fsp3) is 0.571. The Balaban J connectivity index is 1.68. The average molecular weight is 301 g/mol. The fourth-order valence-corrected chi connectivity index (χ4v) is 3.02. The number of piperidine rings is 1. The normalized spacial score (nSPS) is 21.6. The molecule has 2 saturated heterocycles. The van der Waals surface area contributed by atoms with Crippen LogP contribution in [0.5, 0.6) is 0 Å². The van der Waals surface area contributed by atoms with Gasteiger partial charge in [-0.05, 0) is 29.5 Å². The van der Waals surface area contributed by atoms with Crippen LogP contribution in [-0.2, 0) is 16.0 Å². The smallest absolute Gasteiger partial charge is 0.171 e. The van der Waals surface area contributed by atoms with Crippen molar-refractivity contribution in [2.45, 2.75) is 25.2 Å². The Hall–Kier alpha value is -0.880. The van der Waals surface area contributed by atoms with E-state index in [9.17, 15) is 4.39 Å². The highest BCUT2D eigenvalue weighted by molar-refractivity contribution is 6.13. The summed E-state index contributed by atoms with van der Waals surface area (Å²) in [7, 11) is 0. The Morgan fingerprint density at radius 1 is 1.25 bits per heavy atom.